The van der Waals surface area contributed by atoms with E-state index in [1.807, 2.05) is 24.3 Å². The largest absolute Gasteiger partial charge is 0.352 e. The van der Waals surface area contributed by atoms with Gasteiger partial charge in [0.2, 0.25) is 23.5 Å². The van der Waals surface area contributed by atoms with Crippen LogP contribution in [0.15, 0.2) is 28.8 Å². The molecule has 1 fully saturated rings. The van der Waals surface area contributed by atoms with Crippen LogP contribution in [0.1, 0.15) is 5.89 Å². The molecular formula is C14H15N5O3. The number of benzene rings is 1. The number of piperazine rings is 1. The maximum atomic E-state index is 11.9. The predicted octanol–water partition coefficient (Wildman–Crippen LogP) is 0.000300. The molecule has 0 aliphatic carbocycles. The van der Waals surface area contributed by atoms with Crippen LogP contribution in [0.25, 0.3) is 11.4 Å². The number of carbonyl (C=O) groups is 2. The van der Waals surface area contributed by atoms with Crippen LogP contribution in [0, 0.1) is 0 Å². The van der Waals surface area contributed by atoms with Crippen molar-refractivity contribution in [1.82, 2.24) is 15.0 Å². The molecule has 1 saturated heterocycles. The normalized spacial score (nSPS) is 15.5. The standard InChI is InChI=1S/C14H15N5O3/c1-18-12(20)7-19(8-13(18)21)10-5-3-2-4-9(10)14-16-11(6-15)22-17-14/h2-5H,6-8,15H2,1H3. The Morgan fingerprint density at radius 1 is 1.23 bits per heavy atom. The van der Waals surface area contributed by atoms with Crippen molar-refractivity contribution in [2.45, 2.75) is 6.54 Å². The molecule has 2 aromatic rings. The highest BCUT2D eigenvalue weighted by molar-refractivity contribution is 6.03. The maximum absolute atomic E-state index is 11.9. The van der Waals surface area contributed by atoms with Gasteiger partial charge in [0.1, 0.15) is 0 Å². The summed E-state index contributed by atoms with van der Waals surface area (Å²) in [6.07, 6.45) is 0. The first kappa shape index (κ1) is 14.2. The molecule has 2 N–H and O–H groups in total. The quantitative estimate of drug-likeness (QED) is 0.795. The lowest BCUT2D eigenvalue weighted by Gasteiger charge is -2.32. The molecule has 22 heavy (non-hydrogen) atoms. The van der Waals surface area contributed by atoms with Crippen LogP contribution >= 0.6 is 0 Å². The average molecular weight is 301 g/mol. The van der Waals surface area contributed by atoms with Gasteiger partial charge >= 0.3 is 0 Å². The molecule has 2 amide bonds. The van der Waals surface area contributed by atoms with E-state index < -0.39 is 0 Å². The molecule has 8 heteroatoms. The van der Waals surface area contributed by atoms with E-state index in [-0.39, 0.29) is 31.4 Å². The molecule has 1 aliphatic heterocycles. The summed E-state index contributed by atoms with van der Waals surface area (Å²) in [5, 5.41) is 3.89. The van der Waals surface area contributed by atoms with E-state index in [2.05, 4.69) is 10.1 Å². The van der Waals surface area contributed by atoms with E-state index in [9.17, 15) is 9.59 Å². The van der Waals surface area contributed by atoms with Crippen LogP contribution in [-0.2, 0) is 16.1 Å². The number of rotatable bonds is 3. The van der Waals surface area contributed by atoms with Crippen LogP contribution in [0.3, 0.4) is 0 Å². The molecule has 0 saturated carbocycles. The average Bonchev–Trinajstić information content (AvgIpc) is 3.01. The number of hydrogen-bond acceptors (Lipinski definition) is 7. The number of carbonyl (C=O) groups excluding carboxylic acids is 2. The van der Waals surface area contributed by atoms with E-state index in [1.165, 1.54) is 7.05 Å². The van der Waals surface area contributed by atoms with E-state index in [0.717, 1.165) is 4.90 Å². The van der Waals surface area contributed by atoms with Gasteiger partial charge in [0, 0.05) is 18.3 Å². The zero-order chi connectivity index (χ0) is 15.7. The van der Waals surface area contributed by atoms with Crippen LogP contribution in [0.2, 0.25) is 0 Å². The van der Waals surface area contributed by atoms with Crippen molar-refractivity contribution < 1.29 is 14.1 Å². The number of imide groups is 1. The summed E-state index contributed by atoms with van der Waals surface area (Å²) in [7, 11) is 1.49. The second-order valence-corrected chi connectivity index (χ2v) is 4.94. The third kappa shape index (κ3) is 2.44. The van der Waals surface area contributed by atoms with Gasteiger partial charge in [-0.2, -0.15) is 4.98 Å². The maximum Gasteiger partial charge on any atom is 0.248 e. The molecule has 0 radical (unpaired) electrons. The Kier molecular flexibility index (Phi) is 3.60. The van der Waals surface area contributed by atoms with Crippen molar-refractivity contribution >= 4 is 17.5 Å². The minimum atomic E-state index is -0.248. The highest BCUT2D eigenvalue weighted by Gasteiger charge is 2.29. The number of amides is 2. The number of anilines is 1. The van der Waals surface area contributed by atoms with Crippen LogP contribution in [0.4, 0.5) is 5.69 Å². The number of nitrogens with zero attached hydrogens (tertiary/aromatic N) is 4. The molecular weight excluding hydrogens is 286 g/mol. The third-order valence-electron chi connectivity index (χ3n) is 3.53. The highest BCUT2D eigenvalue weighted by Crippen LogP contribution is 2.29. The smallest absolute Gasteiger partial charge is 0.248 e. The Morgan fingerprint density at radius 2 is 1.91 bits per heavy atom. The fourth-order valence-corrected chi connectivity index (χ4v) is 2.29. The monoisotopic (exact) mass is 301 g/mol. The summed E-state index contributed by atoms with van der Waals surface area (Å²) in [5.41, 5.74) is 6.87. The Hall–Kier alpha value is -2.74. The van der Waals surface area contributed by atoms with Crippen molar-refractivity contribution in [2.24, 2.45) is 5.73 Å². The summed E-state index contributed by atoms with van der Waals surface area (Å²) in [6.45, 7) is 0.405. The fourth-order valence-electron chi connectivity index (χ4n) is 2.29. The molecule has 3 rings (SSSR count). The van der Waals surface area contributed by atoms with E-state index in [1.54, 1.807) is 4.90 Å². The van der Waals surface area contributed by atoms with Crippen molar-refractivity contribution in [3.05, 3.63) is 30.2 Å². The molecule has 1 aliphatic rings. The van der Waals surface area contributed by atoms with Gasteiger partial charge in [-0.3, -0.25) is 14.5 Å². The summed E-state index contributed by atoms with van der Waals surface area (Å²) in [6, 6.07) is 7.29. The lowest BCUT2D eigenvalue weighted by Crippen LogP contribution is -2.52. The van der Waals surface area contributed by atoms with Crippen molar-refractivity contribution in [3.8, 4) is 11.4 Å². The van der Waals surface area contributed by atoms with E-state index in [0.29, 0.717) is 23.0 Å². The third-order valence-corrected chi connectivity index (χ3v) is 3.53. The fraction of sp³-hybridized carbons (Fsp3) is 0.286. The van der Waals surface area contributed by atoms with Crippen molar-refractivity contribution in [2.75, 3.05) is 25.0 Å². The molecule has 0 atom stereocenters. The first-order valence-electron chi connectivity index (χ1n) is 6.76. The van der Waals surface area contributed by atoms with Gasteiger partial charge in [-0.1, -0.05) is 17.3 Å². The van der Waals surface area contributed by atoms with Crippen LogP contribution in [-0.4, -0.2) is 47.0 Å². The zero-order valence-corrected chi connectivity index (χ0v) is 12.0. The number of nitrogens with two attached hydrogens (primary N) is 1. The summed E-state index contributed by atoms with van der Waals surface area (Å²) in [5.74, 6) is 0.217. The van der Waals surface area contributed by atoms with Gasteiger partial charge in [-0.15, -0.1) is 0 Å². The molecule has 2 heterocycles. The molecule has 1 aromatic carbocycles. The number of para-hydroxylation sites is 1. The second-order valence-electron chi connectivity index (χ2n) is 4.94. The Morgan fingerprint density at radius 3 is 2.55 bits per heavy atom. The first-order chi connectivity index (χ1) is 10.6. The summed E-state index contributed by atoms with van der Waals surface area (Å²) < 4.78 is 5.02. The molecule has 8 nitrogen and oxygen atoms in total. The Balaban J connectivity index is 1.98. The van der Waals surface area contributed by atoms with Gasteiger partial charge in [-0.05, 0) is 12.1 Å². The van der Waals surface area contributed by atoms with Gasteiger partial charge in [0.05, 0.1) is 19.6 Å². The second kappa shape index (κ2) is 5.57. The predicted molar refractivity (Wildman–Crippen MR) is 77.6 cm³/mol. The topological polar surface area (TPSA) is 106 Å². The van der Waals surface area contributed by atoms with Gasteiger partial charge in [0.15, 0.2) is 0 Å². The van der Waals surface area contributed by atoms with Crippen molar-refractivity contribution in [1.29, 1.82) is 0 Å². The van der Waals surface area contributed by atoms with Gasteiger partial charge < -0.3 is 15.2 Å². The highest BCUT2D eigenvalue weighted by atomic mass is 16.5. The Labute approximate surface area is 126 Å². The molecule has 0 spiro atoms. The van der Waals surface area contributed by atoms with Crippen LogP contribution < -0.4 is 10.6 Å². The van der Waals surface area contributed by atoms with E-state index >= 15 is 0 Å². The van der Waals surface area contributed by atoms with E-state index in [4.69, 9.17) is 10.3 Å². The van der Waals surface area contributed by atoms with Gasteiger partial charge in [-0.25, -0.2) is 0 Å². The molecule has 114 valence electrons. The number of likely N-dealkylation sites (N-methyl/N-ethyl adjacent to an activating group) is 1. The molecule has 1 aromatic heterocycles. The lowest BCUT2D eigenvalue weighted by atomic mass is 10.1. The minimum absolute atomic E-state index is 0.126. The van der Waals surface area contributed by atoms with Crippen molar-refractivity contribution in [3.63, 3.8) is 0 Å². The minimum Gasteiger partial charge on any atom is -0.352 e. The molecule has 0 bridgehead atoms. The lowest BCUT2D eigenvalue weighted by molar-refractivity contribution is -0.143. The first-order valence-corrected chi connectivity index (χ1v) is 6.76. The summed E-state index contributed by atoms with van der Waals surface area (Å²) in [4.78, 5) is 30.8. The number of hydrogen-bond donors (Lipinski definition) is 1. The Bertz CT molecular complexity index is 709. The zero-order valence-electron chi connectivity index (χ0n) is 12.0. The molecule has 0 unspecified atom stereocenters. The van der Waals surface area contributed by atoms with Crippen LogP contribution in [0.5, 0.6) is 0 Å². The number of aromatic nitrogens is 2. The van der Waals surface area contributed by atoms with Gasteiger partial charge in [0.25, 0.3) is 0 Å². The SMILES string of the molecule is CN1C(=O)CN(c2ccccc2-c2noc(CN)n2)CC1=O. The summed E-state index contributed by atoms with van der Waals surface area (Å²) >= 11 is 0.